The molecule has 0 aromatic heterocycles. The number of hydrogen-bond donors (Lipinski definition) is 1. The molecule has 1 aliphatic rings. The van der Waals surface area contributed by atoms with E-state index in [2.05, 4.69) is 5.32 Å². The normalized spacial score (nSPS) is 20.6. The van der Waals surface area contributed by atoms with E-state index < -0.39 is 17.7 Å². The Labute approximate surface area is 78.3 Å². The highest BCUT2D eigenvalue weighted by Crippen LogP contribution is 2.15. The fraction of sp³-hybridized carbons (Fsp3) is 0.889. The topological polar surface area (TPSA) is 58.2 Å². The van der Waals surface area contributed by atoms with Crippen LogP contribution in [-0.4, -0.2) is 30.8 Å². The molecule has 13 heavy (non-hydrogen) atoms. The summed E-state index contributed by atoms with van der Waals surface area (Å²) >= 11 is 0. The highest BCUT2D eigenvalue weighted by molar-refractivity contribution is 5.75. The van der Waals surface area contributed by atoms with Gasteiger partial charge in [-0.1, -0.05) is 0 Å². The van der Waals surface area contributed by atoms with Gasteiger partial charge in [0.2, 0.25) is 0 Å². The van der Waals surface area contributed by atoms with Gasteiger partial charge in [0.25, 0.3) is 0 Å². The van der Waals surface area contributed by atoms with Crippen LogP contribution in [0.5, 0.6) is 0 Å². The van der Waals surface area contributed by atoms with Crippen molar-refractivity contribution in [2.75, 3.05) is 13.1 Å². The van der Waals surface area contributed by atoms with Gasteiger partial charge in [-0.15, -0.1) is 0 Å². The van der Waals surface area contributed by atoms with Crippen molar-refractivity contribution in [2.45, 2.75) is 32.5 Å². The molecule has 1 radical (unpaired) electrons. The van der Waals surface area contributed by atoms with E-state index in [0.29, 0.717) is 13.1 Å². The van der Waals surface area contributed by atoms with Crippen molar-refractivity contribution in [1.82, 2.24) is 5.32 Å². The third-order valence-electron chi connectivity index (χ3n) is 1.88. The van der Waals surface area contributed by atoms with Crippen molar-refractivity contribution >= 4 is 5.97 Å². The molecule has 0 amide bonds. The zero-order valence-corrected chi connectivity index (χ0v) is 8.29. The van der Waals surface area contributed by atoms with E-state index in [-0.39, 0.29) is 5.92 Å². The van der Waals surface area contributed by atoms with Gasteiger partial charge in [-0.05, 0) is 20.8 Å². The van der Waals surface area contributed by atoms with E-state index in [0.717, 1.165) is 0 Å². The van der Waals surface area contributed by atoms with Gasteiger partial charge in [-0.2, -0.15) is 0 Å². The molecule has 1 unspecified atom stereocenters. The first-order chi connectivity index (χ1) is 5.90. The van der Waals surface area contributed by atoms with Crippen molar-refractivity contribution < 1.29 is 14.6 Å². The van der Waals surface area contributed by atoms with Crippen molar-refractivity contribution in [3.8, 4) is 0 Å². The van der Waals surface area contributed by atoms with Gasteiger partial charge >= 0.3 is 5.97 Å². The molecule has 0 saturated carbocycles. The zero-order valence-electron chi connectivity index (χ0n) is 8.29. The van der Waals surface area contributed by atoms with Crippen LogP contribution in [0.2, 0.25) is 0 Å². The van der Waals surface area contributed by atoms with Crippen LogP contribution in [0.25, 0.3) is 0 Å². The molecule has 1 N–H and O–H groups in total. The minimum Gasteiger partial charge on any atom is -0.458 e. The minimum atomic E-state index is -1.22. The molecule has 75 valence electrons. The molecule has 0 aliphatic carbocycles. The van der Waals surface area contributed by atoms with Crippen LogP contribution in [0.4, 0.5) is 0 Å². The Morgan fingerprint density at radius 1 is 1.46 bits per heavy atom. The average molecular weight is 186 g/mol. The van der Waals surface area contributed by atoms with Crippen molar-refractivity contribution in [1.29, 1.82) is 0 Å². The standard InChI is InChI=1S/C9H16NO3/c1-9(2,3)13-8(12)7(11)6-4-10-5-6/h6-7,10H,4-5H2,1-3H3. The predicted octanol–water partition coefficient (Wildman–Crippen LogP) is 0.347. The Bertz CT molecular complexity index is 194. The molecular weight excluding hydrogens is 170 g/mol. The fourth-order valence-corrected chi connectivity index (χ4v) is 1.08. The third-order valence-corrected chi connectivity index (χ3v) is 1.88. The maximum Gasteiger partial charge on any atom is 0.339 e. The lowest BCUT2D eigenvalue weighted by atomic mass is 9.96. The lowest BCUT2D eigenvalue weighted by Crippen LogP contribution is -2.51. The quantitative estimate of drug-likeness (QED) is 0.633. The summed E-state index contributed by atoms with van der Waals surface area (Å²) in [4.78, 5) is 11.2. The third kappa shape index (κ3) is 2.97. The van der Waals surface area contributed by atoms with Crippen molar-refractivity contribution in [2.24, 2.45) is 5.92 Å². The molecule has 4 nitrogen and oxygen atoms in total. The molecular formula is C9H16NO3. The number of carbonyl (C=O) groups excluding carboxylic acids is 1. The molecule has 4 heteroatoms. The van der Waals surface area contributed by atoms with Gasteiger partial charge in [-0.3, -0.25) is 0 Å². The van der Waals surface area contributed by atoms with Crippen LogP contribution in [0.15, 0.2) is 0 Å². The molecule has 1 saturated heterocycles. The van der Waals surface area contributed by atoms with E-state index in [1.165, 1.54) is 0 Å². The van der Waals surface area contributed by atoms with Crippen LogP contribution in [0.1, 0.15) is 20.8 Å². The van der Waals surface area contributed by atoms with E-state index in [1.807, 2.05) is 0 Å². The monoisotopic (exact) mass is 186 g/mol. The smallest absolute Gasteiger partial charge is 0.339 e. The zero-order chi connectivity index (χ0) is 10.1. The van der Waals surface area contributed by atoms with Gasteiger partial charge < -0.3 is 10.1 Å². The van der Waals surface area contributed by atoms with Crippen LogP contribution in [0.3, 0.4) is 0 Å². The lowest BCUT2D eigenvalue weighted by Gasteiger charge is -2.30. The van der Waals surface area contributed by atoms with E-state index in [1.54, 1.807) is 20.8 Å². The van der Waals surface area contributed by atoms with Crippen molar-refractivity contribution in [3.63, 3.8) is 0 Å². The number of hydrogen-bond acceptors (Lipinski definition) is 3. The van der Waals surface area contributed by atoms with E-state index in [9.17, 15) is 9.90 Å². The second-order valence-electron chi connectivity index (χ2n) is 4.37. The molecule has 0 spiro atoms. The number of ether oxygens (including phenoxy) is 1. The SMILES string of the molecule is CC(C)(C)OC(=O)C([O])C1CNC1. The number of rotatable bonds is 2. The molecule has 1 atom stereocenters. The predicted molar refractivity (Wildman–Crippen MR) is 46.7 cm³/mol. The van der Waals surface area contributed by atoms with Crippen LogP contribution < -0.4 is 5.32 Å². The van der Waals surface area contributed by atoms with Gasteiger partial charge in [-0.25, -0.2) is 9.90 Å². The molecule has 1 heterocycles. The molecule has 0 aromatic carbocycles. The molecule has 1 rings (SSSR count). The lowest BCUT2D eigenvalue weighted by molar-refractivity contribution is -0.174. The molecule has 1 aliphatic heterocycles. The summed E-state index contributed by atoms with van der Waals surface area (Å²) in [6.07, 6.45) is -1.22. The minimum absolute atomic E-state index is 0.0881. The summed E-state index contributed by atoms with van der Waals surface area (Å²) < 4.78 is 4.98. The molecule has 0 bridgehead atoms. The maximum atomic E-state index is 11.4. The molecule has 1 fully saturated rings. The van der Waals surface area contributed by atoms with Gasteiger partial charge in [0, 0.05) is 19.0 Å². The highest BCUT2D eigenvalue weighted by atomic mass is 16.6. The first kappa shape index (κ1) is 10.5. The van der Waals surface area contributed by atoms with Crippen LogP contribution in [-0.2, 0) is 14.6 Å². The largest absolute Gasteiger partial charge is 0.458 e. The van der Waals surface area contributed by atoms with Crippen LogP contribution in [0, 0.1) is 5.92 Å². The Hall–Kier alpha value is -0.610. The Kier molecular flexibility index (Phi) is 2.93. The summed E-state index contributed by atoms with van der Waals surface area (Å²) in [7, 11) is 0. The second-order valence-corrected chi connectivity index (χ2v) is 4.37. The summed E-state index contributed by atoms with van der Waals surface area (Å²) in [5.74, 6) is -0.714. The van der Waals surface area contributed by atoms with Gasteiger partial charge in [0.15, 0.2) is 6.10 Å². The average Bonchev–Trinajstić information content (AvgIpc) is 1.78. The summed E-state index contributed by atoms with van der Waals surface area (Å²) in [6, 6.07) is 0. The maximum absolute atomic E-state index is 11.4. The Morgan fingerprint density at radius 2 is 2.00 bits per heavy atom. The van der Waals surface area contributed by atoms with E-state index in [4.69, 9.17) is 4.74 Å². The number of nitrogens with one attached hydrogen (secondary N) is 1. The summed E-state index contributed by atoms with van der Waals surface area (Å²) in [5, 5.41) is 14.3. The molecule has 0 aromatic rings. The number of carbonyl (C=O) groups is 1. The van der Waals surface area contributed by atoms with Gasteiger partial charge in [0.1, 0.15) is 5.60 Å². The highest BCUT2D eigenvalue weighted by Gasteiger charge is 2.35. The first-order valence-electron chi connectivity index (χ1n) is 4.49. The Balaban J connectivity index is 2.38. The summed E-state index contributed by atoms with van der Waals surface area (Å²) in [6.45, 7) is 6.55. The number of esters is 1. The second kappa shape index (κ2) is 3.64. The van der Waals surface area contributed by atoms with E-state index >= 15 is 0 Å². The fourth-order valence-electron chi connectivity index (χ4n) is 1.08. The Morgan fingerprint density at radius 3 is 2.31 bits per heavy atom. The summed E-state index contributed by atoms with van der Waals surface area (Å²) in [5.41, 5.74) is -0.559. The first-order valence-corrected chi connectivity index (χ1v) is 4.49. The van der Waals surface area contributed by atoms with Crippen LogP contribution >= 0.6 is 0 Å². The van der Waals surface area contributed by atoms with Crippen molar-refractivity contribution in [3.05, 3.63) is 0 Å². The van der Waals surface area contributed by atoms with Gasteiger partial charge in [0.05, 0.1) is 0 Å².